The Hall–Kier alpha value is -1.62. The lowest BCUT2D eigenvalue weighted by atomic mass is 10.1. The lowest BCUT2D eigenvalue weighted by molar-refractivity contribution is -0.116. The fourth-order valence-corrected chi connectivity index (χ4v) is 1.61. The fourth-order valence-electron chi connectivity index (χ4n) is 1.61. The first-order valence-corrected chi connectivity index (χ1v) is 5.70. The zero-order valence-electron chi connectivity index (χ0n) is 9.89. The average Bonchev–Trinajstić information content (AvgIpc) is 3.01. The van der Waals surface area contributed by atoms with Gasteiger partial charge in [0.15, 0.2) is 0 Å². The molecular weight excluding hydrogens is 218 g/mol. The number of aromatic nitrogens is 2. The summed E-state index contributed by atoms with van der Waals surface area (Å²) in [5, 5.41) is 15.9. The van der Waals surface area contributed by atoms with Crippen LogP contribution in [0, 0.1) is 5.41 Å². The molecule has 0 unspecified atom stereocenters. The van der Waals surface area contributed by atoms with E-state index in [-0.39, 0.29) is 17.9 Å². The Morgan fingerprint density at radius 3 is 3.00 bits per heavy atom. The quantitative estimate of drug-likeness (QED) is 0.722. The molecule has 1 aliphatic rings. The van der Waals surface area contributed by atoms with E-state index in [1.54, 1.807) is 17.0 Å². The number of hydrogen-bond acceptors (Lipinski definition) is 3. The highest BCUT2D eigenvalue weighted by molar-refractivity contribution is 5.91. The van der Waals surface area contributed by atoms with E-state index in [2.05, 4.69) is 10.4 Å². The Bertz CT molecular complexity index is 433. The number of aliphatic hydroxyl groups is 1. The van der Waals surface area contributed by atoms with Crippen LogP contribution in [-0.4, -0.2) is 33.9 Å². The zero-order valence-corrected chi connectivity index (χ0v) is 9.89. The third-order valence-electron chi connectivity index (χ3n) is 3.19. The van der Waals surface area contributed by atoms with E-state index in [0.29, 0.717) is 6.54 Å². The molecular formula is C12H17N3O2. The standard InChI is InChI=1S/C12H17N3O2/c1-15-10(4-7-14-15)2-3-11(17)13-8-12(9-16)5-6-12/h2-4,7,16H,5-6,8-9H2,1H3,(H,13,17)/b3-2+. The fraction of sp³-hybridized carbons (Fsp3) is 0.500. The molecule has 2 N–H and O–H groups in total. The molecule has 0 aliphatic heterocycles. The highest BCUT2D eigenvalue weighted by atomic mass is 16.3. The molecule has 1 aromatic rings. The number of carbonyl (C=O) groups excluding carboxylic acids is 1. The van der Waals surface area contributed by atoms with Gasteiger partial charge in [0.25, 0.3) is 0 Å². The van der Waals surface area contributed by atoms with Crippen molar-refractivity contribution in [3.8, 4) is 0 Å². The van der Waals surface area contributed by atoms with Crippen molar-refractivity contribution in [1.29, 1.82) is 0 Å². The predicted molar refractivity (Wildman–Crippen MR) is 64.0 cm³/mol. The van der Waals surface area contributed by atoms with E-state index in [9.17, 15) is 4.79 Å². The second kappa shape index (κ2) is 4.71. The van der Waals surface area contributed by atoms with Gasteiger partial charge in [-0.2, -0.15) is 5.10 Å². The van der Waals surface area contributed by atoms with Crippen LogP contribution in [-0.2, 0) is 11.8 Å². The molecule has 17 heavy (non-hydrogen) atoms. The summed E-state index contributed by atoms with van der Waals surface area (Å²) in [5.41, 5.74) is 0.833. The van der Waals surface area contributed by atoms with Gasteiger partial charge in [-0.1, -0.05) is 0 Å². The van der Waals surface area contributed by atoms with Gasteiger partial charge < -0.3 is 10.4 Å². The van der Waals surface area contributed by atoms with Crippen molar-refractivity contribution in [2.45, 2.75) is 12.8 Å². The van der Waals surface area contributed by atoms with Crippen LogP contribution in [0.3, 0.4) is 0 Å². The normalized spacial score (nSPS) is 17.3. The number of rotatable bonds is 5. The lowest BCUT2D eigenvalue weighted by Gasteiger charge is -2.10. The van der Waals surface area contributed by atoms with Gasteiger partial charge in [-0.05, 0) is 25.0 Å². The van der Waals surface area contributed by atoms with E-state index in [1.165, 1.54) is 6.08 Å². The number of amides is 1. The number of aryl methyl sites for hydroxylation is 1. The number of nitrogens with one attached hydrogen (secondary N) is 1. The largest absolute Gasteiger partial charge is 0.396 e. The molecule has 0 atom stereocenters. The van der Waals surface area contributed by atoms with E-state index in [0.717, 1.165) is 18.5 Å². The predicted octanol–water partition coefficient (Wildman–Crippen LogP) is 0.322. The highest BCUT2D eigenvalue weighted by Crippen LogP contribution is 2.44. The molecule has 0 spiro atoms. The molecule has 92 valence electrons. The summed E-state index contributed by atoms with van der Waals surface area (Å²) >= 11 is 0. The van der Waals surface area contributed by atoms with Crippen molar-refractivity contribution in [3.63, 3.8) is 0 Å². The summed E-state index contributed by atoms with van der Waals surface area (Å²) in [6.45, 7) is 0.705. The van der Waals surface area contributed by atoms with Crippen molar-refractivity contribution < 1.29 is 9.90 Å². The number of hydrogen-bond donors (Lipinski definition) is 2. The van der Waals surface area contributed by atoms with Crippen LogP contribution in [0.4, 0.5) is 0 Å². The van der Waals surface area contributed by atoms with Crippen molar-refractivity contribution in [1.82, 2.24) is 15.1 Å². The second-order valence-electron chi connectivity index (χ2n) is 4.59. The van der Waals surface area contributed by atoms with Gasteiger partial charge in [-0.15, -0.1) is 0 Å². The van der Waals surface area contributed by atoms with Gasteiger partial charge in [-0.25, -0.2) is 0 Å². The molecule has 0 bridgehead atoms. The molecule has 1 aromatic heterocycles. The molecule has 0 aromatic carbocycles. The van der Waals surface area contributed by atoms with Crippen molar-refractivity contribution in [2.75, 3.05) is 13.2 Å². The first-order valence-electron chi connectivity index (χ1n) is 5.70. The molecule has 1 aliphatic carbocycles. The van der Waals surface area contributed by atoms with Gasteiger partial charge in [0.2, 0.25) is 5.91 Å². The Kier molecular flexibility index (Phi) is 3.28. The maximum Gasteiger partial charge on any atom is 0.244 e. The average molecular weight is 235 g/mol. The number of carbonyl (C=O) groups is 1. The Labute approximate surface area is 100 Å². The van der Waals surface area contributed by atoms with E-state index in [4.69, 9.17) is 5.11 Å². The maximum atomic E-state index is 11.5. The van der Waals surface area contributed by atoms with E-state index >= 15 is 0 Å². The smallest absolute Gasteiger partial charge is 0.244 e. The lowest BCUT2D eigenvalue weighted by Crippen LogP contribution is -2.30. The molecule has 2 rings (SSSR count). The van der Waals surface area contributed by atoms with Gasteiger partial charge in [0.1, 0.15) is 0 Å². The Balaban J connectivity index is 1.81. The summed E-state index contributed by atoms with van der Waals surface area (Å²) in [6, 6.07) is 1.83. The maximum absolute atomic E-state index is 11.5. The van der Waals surface area contributed by atoms with Gasteiger partial charge in [-0.3, -0.25) is 9.48 Å². The van der Waals surface area contributed by atoms with Crippen LogP contribution >= 0.6 is 0 Å². The van der Waals surface area contributed by atoms with Crippen LogP contribution in [0.2, 0.25) is 0 Å². The zero-order chi connectivity index (χ0) is 12.3. The minimum absolute atomic E-state index is 0.0456. The van der Waals surface area contributed by atoms with E-state index < -0.39 is 0 Å². The molecule has 1 fully saturated rings. The van der Waals surface area contributed by atoms with Gasteiger partial charge >= 0.3 is 0 Å². The summed E-state index contributed by atoms with van der Waals surface area (Å²) in [5.74, 6) is -0.133. The first-order chi connectivity index (χ1) is 8.15. The Morgan fingerprint density at radius 1 is 1.71 bits per heavy atom. The van der Waals surface area contributed by atoms with Crippen LogP contribution in [0.25, 0.3) is 6.08 Å². The molecule has 1 amide bonds. The molecule has 0 saturated heterocycles. The second-order valence-corrected chi connectivity index (χ2v) is 4.59. The number of aliphatic hydroxyl groups excluding tert-OH is 1. The summed E-state index contributed by atoms with van der Waals surface area (Å²) in [7, 11) is 1.82. The SMILES string of the molecule is Cn1nccc1/C=C/C(=O)NCC1(CO)CC1. The summed E-state index contributed by atoms with van der Waals surface area (Å²) < 4.78 is 1.69. The van der Waals surface area contributed by atoms with Crippen molar-refractivity contribution in [2.24, 2.45) is 12.5 Å². The monoisotopic (exact) mass is 235 g/mol. The van der Waals surface area contributed by atoms with Crippen molar-refractivity contribution >= 4 is 12.0 Å². The molecule has 0 radical (unpaired) electrons. The minimum atomic E-state index is -0.133. The molecule has 1 saturated carbocycles. The van der Waals surface area contributed by atoms with Crippen LogP contribution in [0.15, 0.2) is 18.3 Å². The van der Waals surface area contributed by atoms with Gasteiger partial charge in [0, 0.05) is 31.3 Å². The van der Waals surface area contributed by atoms with Gasteiger partial charge in [0.05, 0.1) is 12.3 Å². The third-order valence-corrected chi connectivity index (χ3v) is 3.19. The number of nitrogens with zero attached hydrogens (tertiary/aromatic N) is 2. The molecule has 5 heteroatoms. The van der Waals surface area contributed by atoms with Crippen LogP contribution in [0.1, 0.15) is 18.5 Å². The molecule has 1 heterocycles. The highest BCUT2D eigenvalue weighted by Gasteiger charge is 2.41. The van der Waals surface area contributed by atoms with E-state index in [1.807, 2.05) is 13.1 Å². The summed E-state index contributed by atoms with van der Waals surface area (Å²) in [4.78, 5) is 11.5. The third kappa shape index (κ3) is 2.94. The van der Waals surface area contributed by atoms with Crippen LogP contribution < -0.4 is 5.32 Å². The summed E-state index contributed by atoms with van der Waals surface area (Å²) in [6.07, 6.45) is 6.89. The molecule has 5 nitrogen and oxygen atoms in total. The Morgan fingerprint density at radius 2 is 2.47 bits per heavy atom. The topological polar surface area (TPSA) is 67.2 Å². The first kappa shape index (κ1) is 11.9. The van der Waals surface area contributed by atoms with Crippen LogP contribution in [0.5, 0.6) is 0 Å². The van der Waals surface area contributed by atoms with Crippen molar-refractivity contribution in [3.05, 3.63) is 24.0 Å². The minimum Gasteiger partial charge on any atom is -0.396 e.